The third kappa shape index (κ3) is 6.10. The van der Waals surface area contributed by atoms with Gasteiger partial charge in [0.05, 0.1) is 0 Å². The first-order chi connectivity index (χ1) is 7.15. The maximum absolute atomic E-state index is 4.52. The van der Waals surface area contributed by atoms with E-state index in [1.807, 2.05) is 6.92 Å². The van der Waals surface area contributed by atoms with Crippen LogP contribution in [0.25, 0.3) is 0 Å². The van der Waals surface area contributed by atoms with Crippen LogP contribution in [0.1, 0.15) is 40.0 Å². The van der Waals surface area contributed by atoms with E-state index in [2.05, 4.69) is 49.5 Å². The van der Waals surface area contributed by atoms with Gasteiger partial charge in [-0.15, -0.1) is 0 Å². The summed E-state index contributed by atoms with van der Waals surface area (Å²) in [6, 6.07) is 0. The fourth-order valence-electron chi connectivity index (χ4n) is 1.26. The van der Waals surface area contributed by atoms with Gasteiger partial charge < -0.3 is 4.90 Å². The van der Waals surface area contributed by atoms with Crippen LogP contribution in [0.4, 0.5) is 0 Å². The molecule has 0 bridgehead atoms. The van der Waals surface area contributed by atoms with Gasteiger partial charge in [0.25, 0.3) is 0 Å². The molecule has 0 N–H and O–H groups in total. The highest BCUT2D eigenvalue weighted by Gasteiger charge is 2.02. The molecule has 0 aromatic carbocycles. The lowest BCUT2D eigenvalue weighted by Crippen LogP contribution is -2.27. The molecular formula is C13H24N2. The molecule has 2 heteroatoms. The van der Waals surface area contributed by atoms with Crippen molar-refractivity contribution in [3.05, 3.63) is 24.4 Å². The Morgan fingerprint density at radius 2 is 2.00 bits per heavy atom. The minimum atomic E-state index is 0.923. The first-order valence-electron chi connectivity index (χ1n) is 5.73. The molecule has 0 atom stereocenters. The zero-order valence-electron chi connectivity index (χ0n) is 10.6. The third-order valence-corrected chi connectivity index (χ3v) is 2.32. The number of hydrogen-bond acceptors (Lipinski definition) is 1. The SMILES string of the molecule is C=C(CC)N=C(CC)N(C)CC/C=C\C. The molecule has 0 aliphatic carbocycles. The van der Waals surface area contributed by atoms with Crippen molar-refractivity contribution in [1.82, 2.24) is 4.90 Å². The van der Waals surface area contributed by atoms with Crippen LogP contribution in [0.5, 0.6) is 0 Å². The quantitative estimate of drug-likeness (QED) is 0.370. The van der Waals surface area contributed by atoms with E-state index in [1.54, 1.807) is 0 Å². The van der Waals surface area contributed by atoms with Crippen LogP contribution in [0.15, 0.2) is 29.4 Å². The second-order valence-electron chi connectivity index (χ2n) is 3.58. The van der Waals surface area contributed by atoms with Gasteiger partial charge >= 0.3 is 0 Å². The number of hydrogen-bond donors (Lipinski definition) is 0. The summed E-state index contributed by atoms with van der Waals surface area (Å²) in [5.74, 6) is 1.13. The van der Waals surface area contributed by atoms with E-state index in [0.717, 1.165) is 37.3 Å². The van der Waals surface area contributed by atoms with Crippen LogP contribution in [-0.4, -0.2) is 24.3 Å². The van der Waals surface area contributed by atoms with Crippen molar-refractivity contribution in [3.8, 4) is 0 Å². The second kappa shape index (κ2) is 8.27. The largest absolute Gasteiger partial charge is 0.363 e. The monoisotopic (exact) mass is 208 g/mol. The van der Waals surface area contributed by atoms with Crippen molar-refractivity contribution in [1.29, 1.82) is 0 Å². The van der Waals surface area contributed by atoms with Crippen molar-refractivity contribution < 1.29 is 0 Å². The lowest BCUT2D eigenvalue weighted by atomic mass is 10.3. The van der Waals surface area contributed by atoms with Crippen LogP contribution in [-0.2, 0) is 0 Å². The summed E-state index contributed by atoms with van der Waals surface area (Å²) in [5.41, 5.74) is 0.963. The summed E-state index contributed by atoms with van der Waals surface area (Å²) in [7, 11) is 2.09. The normalized spacial score (nSPS) is 12.1. The number of nitrogens with zero attached hydrogens (tertiary/aromatic N) is 2. The second-order valence-corrected chi connectivity index (χ2v) is 3.58. The van der Waals surface area contributed by atoms with E-state index in [0.29, 0.717) is 0 Å². The van der Waals surface area contributed by atoms with Crippen molar-refractivity contribution in [2.24, 2.45) is 4.99 Å². The van der Waals surface area contributed by atoms with Gasteiger partial charge in [-0.05, 0) is 19.8 Å². The van der Waals surface area contributed by atoms with Crippen molar-refractivity contribution >= 4 is 5.84 Å². The number of aliphatic imine (C=N–C) groups is 1. The molecule has 0 aromatic rings. The fourth-order valence-corrected chi connectivity index (χ4v) is 1.26. The van der Waals surface area contributed by atoms with Gasteiger partial charge in [0.15, 0.2) is 0 Å². The van der Waals surface area contributed by atoms with Gasteiger partial charge in [-0.25, -0.2) is 4.99 Å². The fraction of sp³-hybridized carbons (Fsp3) is 0.615. The van der Waals surface area contributed by atoms with Crippen LogP contribution < -0.4 is 0 Å². The van der Waals surface area contributed by atoms with E-state index < -0.39 is 0 Å². The summed E-state index contributed by atoms with van der Waals surface area (Å²) in [5, 5.41) is 0. The summed E-state index contributed by atoms with van der Waals surface area (Å²) >= 11 is 0. The molecule has 0 aliphatic heterocycles. The van der Waals surface area contributed by atoms with Gasteiger partial charge in [-0.2, -0.15) is 0 Å². The number of amidine groups is 1. The molecule has 0 fully saturated rings. The molecule has 0 saturated heterocycles. The highest BCUT2D eigenvalue weighted by Crippen LogP contribution is 2.04. The zero-order valence-corrected chi connectivity index (χ0v) is 10.6. The molecular weight excluding hydrogens is 184 g/mol. The molecule has 86 valence electrons. The summed E-state index contributed by atoms with van der Waals surface area (Å²) in [4.78, 5) is 6.73. The Morgan fingerprint density at radius 3 is 2.47 bits per heavy atom. The Morgan fingerprint density at radius 1 is 1.33 bits per heavy atom. The van der Waals surface area contributed by atoms with Crippen molar-refractivity contribution in [2.45, 2.75) is 40.0 Å². The molecule has 0 aliphatic rings. The molecule has 0 spiro atoms. The predicted octanol–water partition coefficient (Wildman–Crippen LogP) is 3.62. The molecule has 0 saturated carbocycles. The molecule has 0 heterocycles. The molecule has 0 aromatic heterocycles. The van der Waals surface area contributed by atoms with Crippen LogP contribution in [0, 0.1) is 0 Å². The Hall–Kier alpha value is -1.05. The van der Waals surface area contributed by atoms with Crippen LogP contribution >= 0.6 is 0 Å². The first kappa shape index (κ1) is 13.9. The summed E-state index contributed by atoms with van der Waals surface area (Å²) in [6.07, 6.45) is 7.22. The third-order valence-electron chi connectivity index (χ3n) is 2.32. The van der Waals surface area contributed by atoms with E-state index in [-0.39, 0.29) is 0 Å². The van der Waals surface area contributed by atoms with E-state index in [1.165, 1.54) is 0 Å². The van der Waals surface area contributed by atoms with Crippen LogP contribution in [0.2, 0.25) is 0 Å². The summed E-state index contributed by atoms with van der Waals surface area (Å²) < 4.78 is 0. The van der Waals surface area contributed by atoms with Gasteiger partial charge in [0.2, 0.25) is 0 Å². The number of rotatable bonds is 6. The van der Waals surface area contributed by atoms with E-state index in [9.17, 15) is 0 Å². The van der Waals surface area contributed by atoms with Crippen molar-refractivity contribution in [3.63, 3.8) is 0 Å². The average molecular weight is 208 g/mol. The standard InChI is InChI=1S/C13H24N2/c1-6-9-10-11-15(5)13(8-3)14-12(4)7-2/h6,9H,4,7-8,10-11H2,1-3,5H3/b9-6-,14-13?. The minimum Gasteiger partial charge on any atom is -0.363 e. The highest BCUT2D eigenvalue weighted by atomic mass is 15.2. The molecule has 0 radical (unpaired) electrons. The maximum atomic E-state index is 4.52. The lowest BCUT2D eigenvalue weighted by Gasteiger charge is -2.20. The highest BCUT2D eigenvalue weighted by molar-refractivity contribution is 5.82. The number of allylic oxidation sites excluding steroid dienone is 2. The Labute approximate surface area is 94.4 Å². The molecule has 0 rings (SSSR count). The minimum absolute atomic E-state index is 0.923. The van der Waals surface area contributed by atoms with Gasteiger partial charge in [-0.1, -0.05) is 32.6 Å². The molecule has 2 nitrogen and oxygen atoms in total. The maximum Gasteiger partial charge on any atom is 0.104 e. The molecule has 0 amide bonds. The van der Waals surface area contributed by atoms with Crippen LogP contribution in [0.3, 0.4) is 0 Å². The Bertz CT molecular complexity index is 239. The lowest BCUT2D eigenvalue weighted by molar-refractivity contribution is 0.502. The first-order valence-corrected chi connectivity index (χ1v) is 5.73. The van der Waals surface area contributed by atoms with E-state index >= 15 is 0 Å². The van der Waals surface area contributed by atoms with Crippen molar-refractivity contribution in [2.75, 3.05) is 13.6 Å². The Kier molecular flexibility index (Phi) is 7.69. The molecule has 0 unspecified atom stereocenters. The Balaban J connectivity index is 4.26. The van der Waals surface area contributed by atoms with Gasteiger partial charge in [-0.3, -0.25) is 0 Å². The van der Waals surface area contributed by atoms with E-state index in [4.69, 9.17) is 0 Å². The average Bonchev–Trinajstić information content (AvgIpc) is 2.25. The summed E-state index contributed by atoms with van der Waals surface area (Å²) in [6.45, 7) is 11.2. The van der Waals surface area contributed by atoms with Gasteiger partial charge in [0.1, 0.15) is 5.84 Å². The molecule has 15 heavy (non-hydrogen) atoms. The smallest absolute Gasteiger partial charge is 0.104 e. The predicted molar refractivity (Wildman–Crippen MR) is 69.2 cm³/mol. The van der Waals surface area contributed by atoms with Gasteiger partial charge in [0, 0.05) is 25.7 Å². The topological polar surface area (TPSA) is 15.6 Å². The zero-order chi connectivity index (χ0) is 11.7.